The molecule has 0 atom stereocenters. The fourth-order valence-corrected chi connectivity index (χ4v) is 1.24. The molecule has 0 radical (unpaired) electrons. The van der Waals surface area contributed by atoms with Crippen LogP contribution in [-0.2, 0) is 0 Å². The van der Waals surface area contributed by atoms with Crippen LogP contribution in [0.2, 0.25) is 0 Å². The van der Waals surface area contributed by atoms with Gasteiger partial charge in [-0.25, -0.2) is 0 Å². The van der Waals surface area contributed by atoms with Crippen LogP contribution in [0.4, 0.5) is 5.69 Å². The number of halogens is 1. The maximum atomic E-state index is 5.78. The zero-order valence-corrected chi connectivity index (χ0v) is 9.23. The number of hydrogen-bond donors (Lipinski definition) is 1. The van der Waals surface area contributed by atoms with Gasteiger partial charge in [-0.3, -0.25) is 0 Å². The third-order valence-corrected chi connectivity index (χ3v) is 2.17. The Morgan fingerprint density at radius 3 is 2.71 bits per heavy atom. The molecular weight excluding hydrogens is 194 g/mol. The third kappa shape index (κ3) is 2.68. The van der Waals surface area contributed by atoms with Crippen LogP contribution in [-0.4, -0.2) is 5.88 Å². The highest BCUT2D eigenvalue weighted by Gasteiger charge is 2.01. The first kappa shape index (κ1) is 10.9. The Morgan fingerprint density at radius 2 is 2.14 bits per heavy atom. The van der Waals surface area contributed by atoms with Gasteiger partial charge in [0.1, 0.15) is 0 Å². The minimum Gasteiger partial charge on any atom is -0.398 e. The molecule has 0 aliphatic heterocycles. The zero-order valence-electron chi connectivity index (χ0n) is 8.47. The van der Waals surface area contributed by atoms with Crippen molar-refractivity contribution in [2.24, 2.45) is 0 Å². The summed E-state index contributed by atoms with van der Waals surface area (Å²) < 4.78 is 0. The third-order valence-electron chi connectivity index (χ3n) is 2.03. The summed E-state index contributed by atoms with van der Waals surface area (Å²) in [6, 6.07) is 5.96. The lowest BCUT2D eigenvalue weighted by molar-refractivity contribution is 0.866. The van der Waals surface area contributed by atoms with E-state index in [1.165, 1.54) is 5.56 Å². The van der Waals surface area contributed by atoms with Crippen molar-refractivity contribution in [3.8, 4) is 11.8 Å². The van der Waals surface area contributed by atoms with Crippen molar-refractivity contribution in [2.45, 2.75) is 19.8 Å². The van der Waals surface area contributed by atoms with Gasteiger partial charge >= 0.3 is 0 Å². The normalized spacial score (nSPS) is 9.71. The van der Waals surface area contributed by atoms with Gasteiger partial charge in [0, 0.05) is 11.3 Å². The zero-order chi connectivity index (χ0) is 10.6. The van der Waals surface area contributed by atoms with Crippen molar-refractivity contribution < 1.29 is 0 Å². The smallest absolute Gasteiger partial charge is 0.0839 e. The molecule has 74 valence electrons. The van der Waals surface area contributed by atoms with Gasteiger partial charge in [0.2, 0.25) is 0 Å². The van der Waals surface area contributed by atoms with Crippen LogP contribution < -0.4 is 5.73 Å². The average Bonchev–Trinajstić information content (AvgIpc) is 2.16. The molecule has 0 unspecified atom stereocenters. The lowest BCUT2D eigenvalue weighted by atomic mass is 10.00. The van der Waals surface area contributed by atoms with Gasteiger partial charge in [0.05, 0.1) is 5.88 Å². The van der Waals surface area contributed by atoms with E-state index in [9.17, 15) is 0 Å². The number of nitrogens with two attached hydrogens (primary N) is 1. The van der Waals surface area contributed by atoms with E-state index in [1.807, 2.05) is 18.2 Å². The Hall–Kier alpha value is -1.13. The first-order valence-corrected chi connectivity index (χ1v) is 5.13. The van der Waals surface area contributed by atoms with Gasteiger partial charge in [-0.05, 0) is 23.6 Å². The van der Waals surface area contributed by atoms with Crippen molar-refractivity contribution in [1.29, 1.82) is 0 Å². The van der Waals surface area contributed by atoms with Crippen LogP contribution in [0.15, 0.2) is 18.2 Å². The number of alkyl halides is 1. The quantitative estimate of drug-likeness (QED) is 0.428. The molecule has 0 heterocycles. The Morgan fingerprint density at radius 1 is 1.43 bits per heavy atom. The minimum absolute atomic E-state index is 0.339. The Labute approximate surface area is 90.3 Å². The molecule has 1 rings (SSSR count). The van der Waals surface area contributed by atoms with E-state index in [1.54, 1.807) is 0 Å². The van der Waals surface area contributed by atoms with Crippen molar-refractivity contribution in [2.75, 3.05) is 11.6 Å². The number of hydrogen-bond acceptors (Lipinski definition) is 1. The summed E-state index contributed by atoms with van der Waals surface area (Å²) in [5, 5.41) is 0. The number of anilines is 1. The lowest BCUT2D eigenvalue weighted by Crippen LogP contribution is -1.94. The van der Waals surface area contributed by atoms with Crippen LogP contribution in [0.5, 0.6) is 0 Å². The summed E-state index contributed by atoms with van der Waals surface area (Å²) >= 11 is 5.49. The molecule has 0 bridgehead atoms. The summed E-state index contributed by atoms with van der Waals surface area (Å²) in [5.41, 5.74) is 8.62. The second-order valence-corrected chi connectivity index (χ2v) is 3.70. The molecule has 14 heavy (non-hydrogen) atoms. The Kier molecular flexibility index (Phi) is 3.85. The summed E-state index contributed by atoms with van der Waals surface area (Å²) in [6.07, 6.45) is 0. The van der Waals surface area contributed by atoms with Crippen LogP contribution in [0.1, 0.15) is 30.9 Å². The standard InChI is InChI=1S/C12H14ClN/c1-9(2)10-5-6-12(14)11(8-10)4-3-7-13/h5-6,8-9H,7,14H2,1-2H3. The molecular formula is C12H14ClN. The summed E-state index contributed by atoms with van der Waals surface area (Å²) in [6.45, 7) is 4.29. The Balaban J connectivity index is 3.08. The summed E-state index contributed by atoms with van der Waals surface area (Å²) in [7, 11) is 0. The van der Waals surface area contributed by atoms with Gasteiger partial charge in [0.15, 0.2) is 0 Å². The minimum atomic E-state index is 0.339. The molecule has 0 aliphatic rings. The SMILES string of the molecule is CC(C)c1ccc(N)c(C#CCCl)c1. The van der Waals surface area contributed by atoms with Gasteiger partial charge in [-0.15, -0.1) is 11.6 Å². The van der Waals surface area contributed by atoms with E-state index in [0.717, 1.165) is 5.56 Å². The second-order valence-electron chi connectivity index (χ2n) is 3.44. The molecule has 2 N–H and O–H groups in total. The second kappa shape index (κ2) is 4.93. The highest BCUT2D eigenvalue weighted by Crippen LogP contribution is 2.19. The van der Waals surface area contributed by atoms with E-state index in [-0.39, 0.29) is 0 Å². The molecule has 0 saturated heterocycles. The predicted octanol–water partition coefficient (Wildman–Crippen LogP) is 2.98. The monoisotopic (exact) mass is 207 g/mol. The molecule has 2 heteroatoms. The molecule has 0 saturated carbocycles. The molecule has 0 aromatic heterocycles. The Bertz CT molecular complexity index is 372. The van der Waals surface area contributed by atoms with Gasteiger partial charge in [-0.1, -0.05) is 31.8 Å². The molecule has 0 spiro atoms. The molecule has 0 fully saturated rings. The maximum absolute atomic E-state index is 5.78. The molecule has 1 nitrogen and oxygen atoms in total. The van der Waals surface area contributed by atoms with Crippen LogP contribution in [0.3, 0.4) is 0 Å². The van der Waals surface area contributed by atoms with Gasteiger partial charge in [-0.2, -0.15) is 0 Å². The lowest BCUT2D eigenvalue weighted by Gasteiger charge is -2.06. The topological polar surface area (TPSA) is 26.0 Å². The largest absolute Gasteiger partial charge is 0.398 e. The average molecular weight is 208 g/mol. The van der Waals surface area contributed by atoms with Gasteiger partial charge in [0.25, 0.3) is 0 Å². The predicted molar refractivity (Wildman–Crippen MR) is 62.5 cm³/mol. The number of rotatable bonds is 1. The molecule has 1 aromatic rings. The highest BCUT2D eigenvalue weighted by molar-refractivity contribution is 6.19. The van der Waals surface area contributed by atoms with Crippen LogP contribution in [0, 0.1) is 11.8 Å². The van der Waals surface area contributed by atoms with Crippen molar-refractivity contribution in [3.63, 3.8) is 0 Å². The molecule has 1 aromatic carbocycles. The van der Waals surface area contributed by atoms with E-state index in [4.69, 9.17) is 17.3 Å². The fourth-order valence-electron chi connectivity index (χ4n) is 1.17. The van der Waals surface area contributed by atoms with Crippen LogP contribution >= 0.6 is 11.6 Å². The fraction of sp³-hybridized carbons (Fsp3) is 0.333. The maximum Gasteiger partial charge on any atom is 0.0839 e. The summed E-state index contributed by atoms with van der Waals surface area (Å²) in [4.78, 5) is 0. The van der Waals surface area contributed by atoms with Crippen molar-refractivity contribution >= 4 is 17.3 Å². The van der Waals surface area contributed by atoms with E-state index in [0.29, 0.717) is 17.5 Å². The first-order valence-electron chi connectivity index (χ1n) is 4.59. The number of nitrogen functional groups attached to an aromatic ring is 1. The molecule has 0 aliphatic carbocycles. The first-order chi connectivity index (χ1) is 6.65. The van der Waals surface area contributed by atoms with Crippen LogP contribution in [0.25, 0.3) is 0 Å². The van der Waals surface area contributed by atoms with E-state index in [2.05, 4.69) is 25.7 Å². The van der Waals surface area contributed by atoms with Crippen molar-refractivity contribution in [1.82, 2.24) is 0 Å². The van der Waals surface area contributed by atoms with Crippen molar-refractivity contribution in [3.05, 3.63) is 29.3 Å². The summed E-state index contributed by atoms with van der Waals surface area (Å²) in [5.74, 6) is 6.59. The highest BCUT2D eigenvalue weighted by atomic mass is 35.5. The van der Waals surface area contributed by atoms with Gasteiger partial charge < -0.3 is 5.73 Å². The van der Waals surface area contributed by atoms with E-state index < -0.39 is 0 Å². The molecule has 0 amide bonds. The number of benzene rings is 1. The van der Waals surface area contributed by atoms with E-state index >= 15 is 0 Å².